The summed E-state index contributed by atoms with van der Waals surface area (Å²) in [6.07, 6.45) is 2.90. The lowest BCUT2D eigenvalue weighted by Gasteiger charge is -2.09. The van der Waals surface area contributed by atoms with Gasteiger partial charge in [0.05, 0.1) is 7.11 Å². The minimum absolute atomic E-state index is 0.874. The minimum atomic E-state index is 0.874. The van der Waals surface area contributed by atoms with Crippen molar-refractivity contribution < 1.29 is 4.74 Å². The van der Waals surface area contributed by atoms with Crippen molar-refractivity contribution in [1.82, 2.24) is 9.55 Å². The van der Waals surface area contributed by atoms with Gasteiger partial charge in [0.1, 0.15) is 11.6 Å². The summed E-state index contributed by atoms with van der Waals surface area (Å²) in [7, 11) is 1.68. The van der Waals surface area contributed by atoms with Gasteiger partial charge in [-0.3, -0.25) is 0 Å². The molecule has 0 saturated heterocycles. The highest BCUT2D eigenvalue weighted by atomic mass is 16.5. The van der Waals surface area contributed by atoms with E-state index in [0.29, 0.717) is 0 Å². The summed E-state index contributed by atoms with van der Waals surface area (Å²) in [6, 6.07) is 8.18. The van der Waals surface area contributed by atoms with Crippen LogP contribution in [0.3, 0.4) is 0 Å². The molecule has 0 radical (unpaired) electrons. The summed E-state index contributed by atoms with van der Waals surface area (Å²) in [4.78, 5) is 4.40. The van der Waals surface area contributed by atoms with Gasteiger partial charge in [0, 0.05) is 24.9 Å². The maximum absolute atomic E-state index is 5.15. The molecular weight excluding hydrogens is 212 g/mol. The highest BCUT2D eigenvalue weighted by Crippen LogP contribution is 2.14. The van der Waals surface area contributed by atoms with Crippen molar-refractivity contribution in [1.29, 1.82) is 0 Å². The zero-order valence-corrected chi connectivity index (χ0v) is 10.6. The molecule has 1 aromatic carbocycles. The van der Waals surface area contributed by atoms with Crippen molar-refractivity contribution in [3.63, 3.8) is 0 Å². The number of imidazole rings is 1. The Kier molecular flexibility index (Phi) is 3.47. The molecule has 0 N–H and O–H groups in total. The first kappa shape index (κ1) is 11.7. The Morgan fingerprint density at radius 3 is 2.53 bits per heavy atom. The number of aromatic nitrogens is 2. The van der Waals surface area contributed by atoms with Gasteiger partial charge in [0.15, 0.2) is 0 Å². The van der Waals surface area contributed by atoms with Crippen molar-refractivity contribution in [3.8, 4) is 5.75 Å². The molecule has 0 saturated carbocycles. The summed E-state index contributed by atoms with van der Waals surface area (Å²) in [5.41, 5.74) is 2.47. The first-order chi connectivity index (χ1) is 8.24. The average Bonchev–Trinajstić information content (AvgIpc) is 2.71. The van der Waals surface area contributed by atoms with E-state index in [4.69, 9.17) is 4.74 Å². The zero-order valence-electron chi connectivity index (χ0n) is 10.6. The quantitative estimate of drug-likeness (QED) is 0.807. The molecule has 0 aliphatic rings. The molecule has 17 heavy (non-hydrogen) atoms. The van der Waals surface area contributed by atoms with E-state index in [1.165, 1.54) is 11.3 Å². The first-order valence-electron chi connectivity index (χ1n) is 5.88. The third-order valence-electron chi connectivity index (χ3n) is 2.95. The monoisotopic (exact) mass is 230 g/mol. The third kappa shape index (κ3) is 2.49. The fraction of sp³-hybridized carbons (Fsp3) is 0.357. The molecule has 0 aliphatic heterocycles. The summed E-state index contributed by atoms with van der Waals surface area (Å²) >= 11 is 0. The normalized spacial score (nSPS) is 10.5. The van der Waals surface area contributed by atoms with Crippen LogP contribution in [0, 0.1) is 6.92 Å². The van der Waals surface area contributed by atoms with Crippen molar-refractivity contribution in [2.45, 2.75) is 26.8 Å². The average molecular weight is 230 g/mol. The summed E-state index contributed by atoms with van der Waals surface area (Å²) in [5, 5.41) is 0. The summed E-state index contributed by atoms with van der Waals surface area (Å²) in [6.45, 7) is 5.10. The smallest absolute Gasteiger partial charge is 0.118 e. The van der Waals surface area contributed by atoms with Crippen molar-refractivity contribution in [2.75, 3.05) is 7.11 Å². The van der Waals surface area contributed by atoms with E-state index in [-0.39, 0.29) is 0 Å². The Morgan fingerprint density at radius 1 is 1.24 bits per heavy atom. The number of methoxy groups -OCH3 is 1. The zero-order chi connectivity index (χ0) is 12.3. The fourth-order valence-electron chi connectivity index (χ4n) is 1.92. The number of aryl methyl sites for hydroxylation is 2. The van der Waals surface area contributed by atoms with E-state index in [1.807, 2.05) is 18.3 Å². The molecule has 2 aromatic rings. The van der Waals surface area contributed by atoms with Crippen molar-refractivity contribution in [2.24, 2.45) is 0 Å². The predicted octanol–water partition coefficient (Wildman–Crippen LogP) is 2.81. The second kappa shape index (κ2) is 5.04. The lowest BCUT2D eigenvalue weighted by Crippen LogP contribution is -2.06. The molecule has 90 valence electrons. The Morgan fingerprint density at radius 2 is 1.94 bits per heavy atom. The van der Waals surface area contributed by atoms with Gasteiger partial charge in [0.25, 0.3) is 0 Å². The van der Waals surface area contributed by atoms with E-state index in [1.54, 1.807) is 7.11 Å². The largest absolute Gasteiger partial charge is 0.497 e. The van der Waals surface area contributed by atoms with Gasteiger partial charge < -0.3 is 9.30 Å². The number of hydrogen-bond donors (Lipinski definition) is 0. The van der Waals surface area contributed by atoms with Gasteiger partial charge in [-0.05, 0) is 24.6 Å². The van der Waals surface area contributed by atoms with Gasteiger partial charge >= 0.3 is 0 Å². The van der Waals surface area contributed by atoms with E-state index in [2.05, 4.69) is 35.5 Å². The second-order valence-electron chi connectivity index (χ2n) is 4.10. The summed E-state index contributed by atoms with van der Waals surface area (Å²) < 4.78 is 7.41. The maximum Gasteiger partial charge on any atom is 0.118 e. The minimum Gasteiger partial charge on any atom is -0.497 e. The van der Waals surface area contributed by atoms with Gasteiger partial charge in [-0.25, -0.2) is 4.98 Å². The Labute approximate surface area is 102 Å². The van der Waals surface area contributed by atoms with E-state index < -0.39 is 0 Å². The Hall–Kier alpha value is -1.77. The standard InChI is InChI=1S/C14H18N2O/c1-4-14-15-9-11(2)16(14)10-12-5-7-13(17-3)8-6-12/h5-9H,4,10H2,1-3H3. The van der Waals surface area contributed by atoms with Crippen LogP contribution in [0.4, 0.5) is 0 Å². The fourth-order valence-corrected chi connectivity index (χ4v) is 1.92. The molecule has 0 atom stereocenters. The van der Waals surface area contributed by atoms with E-state index >= 15 is 0 Å². The molecule has 3 nitrogen and oxygen atoms in total. The van der Waals surface area contributed by atoms with Gasteiger partial charge in [-0.2, -0.15) is 0 Å². The molecule has 1 aromatic heterocycles. The van der Waals surface area contributed by atoms with Crippen LogP contribution >= 0.6 is 0 Å². The van der Waals surface area contributed by atoms with Gasteiger partial charge in [-0.1, -0.05) is 19.1 Å². The highest BCUT2D eigenvalue weighted by molar-refractivity contribution is 5.27. The van der Waals surface area contributed by atoms with Crippen LogP contribution in [0.25, 0.3) is 0 Å². The lowest BCUT2D eigenvalue weighted by molar-refractivity contribution is 0.414. The van der Waals surface area contributed by atoms with E-state index in [9.17, 15) is 0 Å². The molecule has 0 unspecified atom stereocenters. The summed E-state index contributed by atoms with van der Waals surface area (Å²) in [5.74, 6) is 2.03. The number of hydrogen-bond acceptors (Lipinski definition) is 2. The number of benzene rings is 1. The molecule has 0 fully saturated rings. The Balaban J connectivity index is 2.21. The van der Waals surface area contributed by atoms with Crippen LogP contribution in [0.5, 0.6) is 5.75 Å². The van der Waals surface area contributed by atoms with Crippen LogP contribution in [0.1, 0.15) is 24.0 Å². The van der Waals surface area contributed by atoms with Gasteiger partial charge in [0.2, 0.25) is 0 Å². The highest BCUT2D eigenvalue weighted by Gasteiger charge is 2.05. The Bertz CT molecular complexity index is 485. The maximum atomic E-state index is 5.15. The topological polar surface area (TPSA) is 27.1 Å². The molecule has 0 bridgehead atoms. The molecule has 0 spiro atoms. The third-order valence-corrected chi connectivity index (χ3v) is 2.95. The predicted molar refractivity (Wildman–Crippen MR) is 68.4 cm³/mol. The van der Waals surface area contributed by atoms with Crippen LogP contribution in [-0.2, 0) is 13.0 Å². The molecule has 1 heterocycles. The molecular formula is C14H18N2O. The number of nitrogens with zero attached hydrogens (tertiary/aromatic N) is 2. The number of ether oxygens (including phenoxy) is 1. The lowest BCUT2D eigenvalue weighted by atomic mass is 10.2. The van der Waals surface area contributed by atoms with Crippen LogP contribution in [0.2, 0.25) is 0 Å². The SMILES string of the molecule is CCc1ncc(C)n1Cc1ccc(OC)cc1. The second-order valence-corrected chi connectivity index (χ2v) is 4.10. The molecule has 3 heteroatoms. The van der Waals surface area contributed by atoms with Crippen LogP contribution < -0.4 is 4.74 Å². The van der Waals surface area contributed by atoms with Crippen LogP contribution in [0.15, 0.2) is 30.5 Å². The molecule has 0 aliphatic carbocycles. The van der Waals surface area contributed by atoms with Crippen LogP contribution in [-0.4, -0.2) is 16.7 Å². The van der Waals surface area contributed by atoms with Crippen molar-refractivity contribution in [3.05, 3.63) is 47.5 Å². The number of rotatable bonds is 4. The molecule has 0 amide bonds. The van der Waals surface area contributed by atoms with Gasteiger partial charge in [-0.15, -0.1) is 0 Å². The first-order valence-corrected chi connectivity index (χ1v) is 5.88. The van der Waals surface area contributed by atoms with Crippen molar-refractivity contribution >= 4 is 0 Å². The van der Waals surface area contributed by atoms with E-state index in [0.717, 1.165) is 24.5 Å². The molecule has 2 rings (SSSR count).